The SMILES string of the molecule is CC(C)Cc1cccc(CN(CCN(C)C)Cc2ccccc2OC(F)(F)F)c1. The molecule has 3 nitrogen and oxygen atoms in total. The molecule has 2 aromatic rings. The molecule has 0 bridgehead atoms. The van der Waals surface area contributed by atoms with Gasteiger partial charge >= 0.3 is 6.36 Å². The number of alkyl halides is 3. The molecule has 0 aromatic heterocycles. The molecule has 0 spiro atoms. The van der Waals surface area contributed by atoms with Crippen LogP contribution < -0.4 is 4.74 Å². The van der Waals surface area contributed by atoms with Gasteiger partial charge in [0.1, 0.15) is 5.75 Å². The minimum absolute atomic E-state index is 0.136. The summed E-state index contributed by atoms with van der Waals surface area (Å²) in [5.74, 6) is 0.435. The Balaban J connectivity index is 2.19. The Kier molecular flexibility index (Phi) is 8.53. The lowest BCUT2D eigenvalue weighted by molar-refractivity contribution is -0.275. The predicted molar refractivity (Wildman–Crippen MR) is 111 cm³/mol. The fraction of sp³-hybridized carbons (Fsp3) is 0.478. The zero-order chi connectivity index (χ0) is 21.4. The first-order valence-electron chi connectivity index (χ1n) is 9.91. The van der Waals surface area contributed by atoms with Crippen LogP contribution in [0, 0.1) is 5.92 Å². The van der Waals surface area contributed by atoms with Gasteiger partial charge in [-0.05, 0) is 43.6 Å². The third-order valence-electron chi connectivity index (χ3n) is 4.50. The number of hydrogen-bond donors (Lipinski definition) is 0. The van der Waals surface area contributed by atoms with Gasteiger partial charge in [-0.3, -0.25) is 4.90 Å². The Bertz CT molecular complexity index is 760. The number of nitrogens with zero attached hydrogens (tertiary/aromatic N) is 2. The van der Waals surface area contributed by atoms with Crippen molar-refractivity contribution in [2.24, 2.45) is 5.92 Å². The van der Waals surface area contributed by atoms with E-state index in [0.717, 1.165) is 25.1 Å². The lowest BCUT2D eigenvalue weighted by Gasteiger charge is -2.25. The minimum atomic E-state index is -4.70. The summed E-state index contributed by atoms with van der Waals surface area (Å²) in [4.78, 5) is 4.23. The molecule has 0 aliphatic heterocycles. The van der Waals surface area contributed by atoms with Gasteiger partial charge in [-0.2, -0.15) is 0 Å². The molecule has 0 unspecified atom stereocenters. The summed E-state index contributed by atoms with van der Waals surface area (Å²) in [6, 6.07) is 14.8. The first-order chi connectivity index (χ1) is 13.6. The van der Waals surface area contributed by atoms with Crippen LogP contribution in [0.4, 0.5) is 13.2 Å². The molecule has 160 valence electrons. The normalized spacial score (nSPS) is 12.2. The number of halogens is 3. The molecule has 0 saturated carbocycles. The summed E-state index contributed by atoms with van der Waals surface area (Å²) in [6.45, 7) is 6.98. The summed E-state index contributed by atoms with van der Waals surface area (Å²) in [7, 11) is 3.98. The molecule has 0 fully saturated rings. The van der Waals surface area contributed by atoms with Gasteiger partial charge in [0.05, 0.1) is 0 Å². The second-order valence-electron chi connectivity index (χ2n) is 8.09. The Hall–Kier alpha value is -2.05. The molecule has 0 aliphatic rings. The highest BCUT2D eigenvalue weighted by Crippen LogP contribution is 2.27. The molecule has 2 rings (SSSR count). The fourth-order valence-corrected chi connectivity index (χ4v) is 3.24. The van der Waals surface area contributed by atoms with Crippen LogP contribution in [-0.2, 0) is 19.5 Å². The maximum Gasteiger partial charge on any atom is 0.573 e. The van der Waals surface area contributed by atoms with Crippen molar-refractivity contribution in [1.82, 2.24) is 9.80 Å². The zero-order valence-electron chi connectivity index (χ0n) is 17.7. The summed E-state index contributed by atoms with van der Waals surface area (Å²) < 4.78 is 42.5. The minimum Gasteiger partial charge on any atom is -0.405 e. The Morgan fingerprint density at radius 3 is 2.24 bits per heavy atom. The van der Waals surface area contributed by atoms with Crippen molar-refractivity contribution in [3.05, 3.63) is 65.2 Å². The van der Waals surface area contributed by atoms with Crippen LogP contribution in [0.15, 0.2) is 48.5 Å². The molecule has 0 saturated heterocycles. The van der Waals surface area contributed by atoms with E-state index in [-0.39, 0.29) is 5.75 Å². The van der Waals surface area contributed by atoms with Gasteiger partial charge in [-0.25, -0.2) is 0 Å². The first kappa shape index (κ1) is 23.2. The largest absolute Gasteiger partial charge is 0.573 e. The summed E-state index contributed by atoms with van der Waals surface area (Å²) >= 11 is 0. The maximum absolute atomic E-state index is 12.8. The van der Waals surface area contributed by atoms with E-state index in [9.17, 15) is 13.2 Å². The first-order valence-corrected chi connectivity index (χ1v) is 9.91. The van der Waals surface area contributed by atoms with Crippen LogP contribution in [0.2, 0.25) is 0 Å². The number of rotatable bonds is 10. The van der Waals surface area contributed by atoms with E-state index in [1.54, 1.807) is 18.2 Å². The number of ether oxygens (including phenoxy) is 1. The van der Waals surface area contributed by atoms with Crippen molar-refractivity contribution in [2.75, 3.05) is 27.2 Å². The zero-order valence-corrected chi connectivity index (χ0v) is 17.7. The van der Waals surface area contributed by atoms with Gasteiger partial charge < -0.3 is 9.64 Å². The number of para-hydroxylation sites is 1. The highest BCUT2D eigenvalue weighted by Gasteiger charge is 2.32. The van der Waals surface area contributed by atoms with E-state index in [1.165, 1.54) is 11.6 Å². The Labute approximate surface area is 172 Å². The maximum atomic E-state index is 12.8. The second-order valence-corrected chi connectivity index (χ2v) is 8.09. The average molecular weight is 409 g/mol. The molecule has 29 heavy (non-hydrogen) atoms. The van der Waals surface area contributed by atoms with E-state index in [0.29, 0.717) is 24.6 Å². The van der Waals surface area contributed by atoms with E-state index >= 15 is 0 Å². The van der Waals surface area contributed by atoms with Crippen molar-refractivity contribution in [3.8, 4) is 5.75 Å². The fourth-order valence-electron chi connectivity index (χ4n) is 3.24. The van der Waals surface area contributed by atoms with E-state index < -0.39 is 6.36 Å². The Morgan fingerprint density at radius 1 is 0.897 bits per heavy atom. The van der Waals surface area contributed by atoms with Crippen LogP contribution in [0.25, 0.3) is 0 Å². The van der Waals surface area contributed by atoms with Crippen LogP contribution in [-0.4, -0.2) is 43.3 Å². The van der Waals surface area contributed by atoms with Gasteiger partial charge in [0.25, 0.3) is 0 Å². The topological polar surface area (TPSA) is 15.7 Å². The molecule has 0 radical (unpaired) electrons. The van der Waals surface area contributed by atoms with Crippen molar-refractivity contribution in [2.45, 2.75) is 39.7 Å². The van der Waals surface area contributed by atoms with Gasteiger partial charge in [0.15, 0.2) is 0 Å². The van der Waals surface area contributed by atoms with Crippen molar-refractivity contribution in [1.29, 1.82) is 0 Å². The Morgan fingerprint density at radius 2 is 1.59 bits per heavy atom. The van der Waals surface area contributed by atoms with E-state index in [4.69, 9.17) is 0 Å². The quantitative estimate of drug-likeness (QED) is 0.527. The van der Waals surface area contributed by atoms with Crippen LogP contribution in [0.5, 0.6) is 5.75 Å². The lowest BCUT2D eigenvalue weighted by Crippen LogP contribution is -2.31. The van der Waals surface area contributed by atoms with Gasteiger partial charge in [0.2, 0.25) is 0 Å². The number of likely N-dealkylation sites (N-methyl/N-ethyl adjacent to an activating group) is 1. The molecule has 2 aromatic carbocycles. The average Bonchev–Trinajstić information content (AvgIpc) is 2.60. The van der Waals surface area contributed by atoms with Gasteiger partial charge in [-0.1, -0.05) is 56.3 Å². The smallest absolute Gasteiger partial charge is 0.405 e. The highest BCUT2D eigenvalue weighted by molar-refractivity contribution is 5.33. The summed E-state index contributed by atoms with van der Waals surface area (Å²) in [5.41, 5.74) is 2.98. The third kappa shape index (κ3) is 8.88. The standard InChI is InChI=1S/C23H31F3N2O/c1-18(2)14-19-8-7-9-20(15-19)16-28(13-12-27(3)4)17-21-10-5-6-11-22(21)29-23(24,25)26/h5-11,15,18H,12-14,16-17H2,1-4H3. The lowest BCUT2D eigenvalue weighted by atomic mass is 10.0. The molecule has 0 atom stereocenters. The van der Waals surface area contributed by atoms with Crippen LogP contribution in [0.1, 0.15) is 30.5 Å². The van der Waals surface area contributed by atoms with E-state index in [2.05, 4.69) is 52.6 Å². The van der Waals surface area contributed by atoms with Crippen molar-refractivity contribution >= 4 is 0 Å². The van der Waals surface area contributed by atoms with Crippen LogP contribution >= 0.6 is 0 Å². The summed E-state index contributed by atoms with van der Waals surface area (Å²) in [6.07, 6.45) is -3.69. The monoisotopic (exact) mass is 408 g/mol. The molecule has 6 heteroatoms. The predicted octanol–water partition coefficient (Wildman–Crippen LogP) is 5.35. The molecule has 0 N–H and O–H groups in total. The molecule has 0 amide bonds. The molecule has 0 aliphatic carbocycles. The molecule has 0 heterocycles. The second kappa shape index (κ2) is 10.6. The van der Waals surface area contributed by atoms with Crippen molar-refractivity contribution < 1.29 is 17.9 Å². The van der Waals surface area contributed by atoms with Gasteiger partial charge in [-0.15, -0.1) is 13.2 Å². The summed E-state index contributed by atoms with van der Waals surface area (Å²) in [5, 5.41) is 0. The van der Waals surface area contributed by atoms with Crippen molar-refractivity contribution in [3.63, 3.8) is 0 Å². The van der Waals surface area contributed by atoms with Crippen LogP contribution in [0.3, 0.4) is 0 Å². The highest BCUT2D eigenvalue weighted by atomic mass is 19.4. The number of hydrogen-bond acceptors (Lipinski definition) is 3. The molecular weight excluding hydrogens is 377 g/mol. The third-order valence-corrected chi connectivity index (χ3v) is 4.50. The molecular formula is C23H31F3N2O. The van der Waals surface area contributed by atoms with E-state index in [1.807, 2.05) is 14.1 Å². The van der Waals surface area contributed by atoms with Gasteiger partial charge in [0, 0.05) is 31.7 Å². The number of benzene rings is 2.